The summed E-state index contributed by atoms with van der Waals surface area (Å²) < 4.78 is 1.02. The van der Waals surface area contributed by atoms with Gasteiger partial charge in [0, 0.05) is 21.4 Å². The van der Waals surface area contributed by atoms with Crippen LogP contribution in [0.1, 0.15) is 46.6 Å². The lowest BCUT2D eigenvalue weighted by Gasteiger charge is -2.34. The molecule has 3 N–H and O–H groups in total. The van der Waals surface area contributed by atoms with E-state index < -0.39 is 0 Å². The minimum absolute atomic E-state index is 0.0450. The Kier molecular flexibility index (Phi) is 4.37. The Labute approximate surface area is 119 Å². The summed E-state index contributed by atoms with van der Waals surface area (Å²) in [7, 11) is 0. The van der Waals surface area contributed by atoms with Crippen LogP contribution >= 0.6 is 15.9 Å². The lowest BCUT2D eigenvalue weighted by atomic mass is 9.81. The molecule has 0 fully saturated rings. The average molecular weight is 313 g/mol. The second-order valence-electron chi connectivity index (χ2n) is 6.93. The first kappa shape index (κ1) is 15.4. The van der Waals surface area contributed by atoms with Gasteiger partial charge in [0.1, 0.15) is 0 Å². The Morgan fingerprint density at radius 2 is 1.72 bits per heavy atom. The van der Waals surface area contributed by atoms with Crippen molar-refractivity contribution in [1.82, 2.24) is 0 Å². The number of hydrogen-bond acceptors (Lipinski definition) is 2. The van der Waals surface area contributed by atoms with Crippen molar-refractivity contribution in [1.29, 1.82) is 0 Å². The van der Waals surface area contributed by atoms with Gasteiger partial charge < -0.3 is 11.1 Å². The molecule has 0 bridgehead atoms. The number of rotatable bonds is 3. The van der Waals surface area contributed by atoms with Gasteiger partial charge in [-0.3, -0.25) is 0 Å². The van der Waals surface area contributed by atoms with Gasteiger partial charge >= 0.3 is 0 Å². The molecule has 0 heterocycles. The van der Waals surface area contributed by atoms with Crippen molar-refractivity contribution in [2.45, 2.75) is 53.5 Å². The van der Waals surface area contributed by atoms with Gasteiger partial charge in [0.2, 0.25) is 0 Å². The van der Waals surface area contributed by atoms with Crippen LogP contribution in [-0.2, 0) is 0 Å². The molecule has 1 rings (SSSR count). The highest BCUT2D eigenvalue weighted by atomic mass is 79.9. The summed E-state index contributed by atoms with van der Waals surface area (Å²) in [5, 5.41) is 3.61. The van der Waals surface area contributed by atoms with Crippen LogP contribution in [0.15, 0.2) is 16.6 Å². The number of aryl methyl sites for hydroxylation is 1. The number of halogens is 1. The second kappa shape index (κ2) is 5.12. The van der Waals surface area contributed by atoms with Gasteiger partial charge in [0.25, 0.3) is 0 Å². The Hall–Kier alpha value is -0.700. The van der Waals surface area contributed by atoms with Gasteiger partial charge in [-0.15, -0.1) is 0 Å². The van der Waals surface area contributed by atoms with Gasteiger partial charge in [-0.1, -0.05) is 20.8 Å². The average Bonchev–Trinajstić information content (AvgIpc) is 2.09. The van der Waals surface area contributed by atoms with E-state index in [0.29, 0.717) is 5.41 Å². The fourth-order valence-corrected chi connectivity index (χ4v) is 2.99. The van der Waals surface area contributed by atoms with Crippen molar-refractivity contribution >= 4 is 27.3 Å². The molecule has 0 unspecified atom stereocenters. The predicted molar refractivity (Wildman–Crippen MR) is 85.1 cm³/mol. The van der Waals surface area contributed by atoms with Crippen LogP contribution < -0.4 is 11.1 Å². The van der Waals surface area contributed by atoms with E-state index in [4.69, 9.17) is 5.73 Å². The third-order valence-corrected chi connectivity index (χ3v) is 3.46. The molecule has 0 amide bonds. The van der Waals surface area contributed by atoms with Gasteiger partial charge in [0.05, 0.1) is 0 Å². The molecule has 3 heteroatoms. The van der Waals surface area contributed by atoms with Crippen LogP contribution in [0, 0.1) is 12.3 Å². The molecule has 0 radical (unpaired) electrons. The molecule has 0 aromatic heterocycles. The van der Waals surface area contributed by atoms with Crippen LogP contribution in [0.3, 0.4) is 0 Å². The minimum atomic E-state index is 0.0450. The van der Waals surface area contributed by atoms with Gasteiger partial charge in [-0.2, -0.15) is 0 Å². The van der Waals surface area contributed by atoms with Crippen LogP contribution in [-0.4, -0.2) is 5.54 Å². The van der Waals surface area contributed by atoms with E-state index in [-0.39, 0.29) is 5.54 Å². The highest BCUT2D eigenvalue weighted by Crippen LogP contribution is 2.34. The summed E-state index contributed by atoms with van der Waals surface area (Å²) in [6.45, 7) is 13.3. The van der Waals surface area contributed by atoms with Crippen molar-refractivity contribution in [3.05, 3.63) is 22.2 Å². The molecule has 2 nitrogen and oxygen atoms in total. The maximum atomic E-state index is 5.90. The standard InChI is InChI=1S/C15H25BrN2/c1-10-7-13(11(16)8-12(10)17)18-15(5,6)9-14(2,3)4/h7-8,18H,9,17H2,1-6H3. The van der Waals surface area contributed by atoms with Gasteiger partial charge in [-0.25, -0.2) is 0 Å². The SMILES string of the molecule is Cc1cc(NC(C)(C)CC(C)(C)C)c(Br)cc1N. The maximum absolute atomic E-state index is 5.90. The van der Waals surface area contributed by atoms with E-state index >= 15 is 0 Å². The van der Waals surface area contributed by atoms with E-state index in [1.165, 1.54) is 0 Å². The predicted octanol–water partition coefficient (Wildman–Crippen LogP) is 4.97. The zero-order valence-electron chi connectivity index (χ0n) is 12.3. The van der Waals surface area contributed by atoms with Crippen LogP contribution in [0.5, 0.6) is 0 Å². The summed E-state index contributed by atoms with van der Waals surface area (Å²) in [6, 6.07) is 4.06. The van der Waals surface area contributed by atoms with Crippen LogP contribution in [0.2, 0.25) is 0 Å². The number of nitrogens with one attached hydrogen (secondary N) is 1. The third kappa shape index (κ3) is 4.52. The number of nitrogen functional groups attached to an aromatic ring is 1. The molecule has 0 aliphatic rings. The number of hydrogen-bond donors (Lipinski definition) is 2. The van der Waals surface area contributed by atoms with Crippen molar-refractivity contribution in [3.8, 4) is 0 Å². The van der Waals surface area contributed by atoms with Crippen molar-refractivity contribution < 1.29 is 0 Å². The second-order valence-corrected chi connectivity index (χ2v) is 7.79. The molecular formula is C15H25BrN2. The van der Waals surface area contributed by atoms with Gasteiger partial charge in [-0.05, 0) is 66.2 Å². The molecule has 1 aromatic rings. The molecule has 18 heavy (non-hydrogen) atoms. The van der Waals surface area contributed by atoms with E-state index in [1.54, 1.807) is 0 Å². The number of anilines is 2. The fourth-order valence-electron chi connectivity index (χ4n) is 2.53. The molecule has 0 aliphatic carbocycles. The lowest BCUT2D eigenvalue weighted by Crippen LogP contribution is -2.35. The van der Waals surface area contributed by atoms with Gasteiger partial charge in [0.15, 0.2) is 0 Å². The van der Waals surface area contributed by atoms with E-state index in [0.717, 1.165) is 27.8 Å². The fraction of sp³-hybridized carbons (Fsp3) is 0.600. The first-order valence-corrected chi connectivity index (χ1v) is 7.13. The molecule has 0 spiro atoms. The number of nitrogens with two attached hydrogens (primary N) is 1. The summed E-state index contributed by atoms with van der Waals surface area (Å²) >= 11 is 3.57. The largest absolute Gasteiger partial charge is 0.398 e. The molecular weight excluding hydrogens is 288 g/mol. The summed E-state index contributed by atoms with van der Waals surface area (Å²) in [6.07, 6.45) is 1.09. The Morgan fingerprint density at radius 3 is 2.22 bits per heavy atom. The first-order valence-electron chi connectivity index (χ1n) is 6.34. The molecule has 102 valence electrons. The topological polar surface area (TPSA) is 38.0 Å². The molecule has 0 atom stereocenters. The monoisotopic (exact) mass is 312 g/mol. The Bertz CT molecular complexity index is 431. The van der Waals surface area contributed by atoms with E-state index in [9.17, 15) is 0 Å². The highest BCUT2D eigenvalue weighted by Gasteiger charge is 2.25. The van der Waals surface area contributed by atoms with Crippen molar-refractivity contribution in [3.63, 3.8) is 0 Å². The minimum Gasteiger partial charge on any atom is -0.398 e. The maximum Gasteiger partial charge on any atom is 0.0492 e. The number of benzene rings is 1. The van der Waals surface area contributed by atoms with Crippen molar-refractivity contribution in [2.75, 3.05) is 11.1 Å². The normalized spacial score (nSPS) is 12.6. The Morgan fingerprint density at radius 1 is 1.17 bits per heavy atom. The van der Waals surface area contributed by atoms with Crippen LogP contribution in [0.25, 0.3) is 0 Å². The first-order chi connectivity index (χ1) is 8.00. The van der Waals surface area contributed by atoms with E-state index in [2.05, 4.69) is 61.9 Å². The Balaban J connectivity index is 2.94. The molecule has 1 aromatic carbocycles. The molecule has 0 saturated heterocycles. The summed E-state index contributed by atoms with van der Waals surface area (Å²) in [4.78, 5) is 0. The zero-order valence-corrected chi connectivity index (χ0v) is 13.9. The molecule has 0 saturated carbocycles. The summed E-state index contributed by atoms with van der Waals surface area (Å²) in [5.41, 5.74) is 9.27. The quantitative estimate of drug-likeness (QED) is 0.774. The smallest absolute Gasteiger partial charge is 0.0492 e. The summed E-state index contributed by atoms with van der Waals surface area (Å²) in [5.74, 6) is 0. The molecule has 0 aliphatic heterocycles. The zero-order chi connectivity index (χ0) is 14.1. The van der Waals surface area contributed by atoms with E-state index in [1.807, 2.05) is 13.0 Å². The third-order valence-electron chi connectivity index (χ3n) is 2.80. The van der Waals surface area contributed by atoms with Crippen LogP contribution in [0.4, 0.5) is 11.4 Å². The van der Waals surface area contributed by atoms with Crippen molar-refractivity contribution in [2.24, 2.45) is 5.41 Å². The highest BCUT2D eigenvalue weighted by molar-refractivity contribution is 9.10. The lowest BCUT2D eigenvalue weighted by molar-refractivity contribution is 0.302.